The Kier molecular flexibility index (Phi) is 3.02. The molecule has 0 unspecified atom stereocenters. The number of aromatic amines is 1. The molecule has 112 valence electrons. The van der Waals surface area contributed by atoms with E-state index in [0.29, 0.717) is 22.5 Å². The fourth-order valence-corrected chi connectivity index (χ4v) is 2.13. The molecule has 0 radical (unpaired) electrons. The molecule has 0 saturated heterocycles. The molecule has 9 heteroatoms. The van der Waals surface area contributed by atoms with Gasteiger partial charge in [-0.15, -0.1) is 0 Å². The van der Waals surface area contributed by atoms with Crippen LogP contribution in [-0.4, -0.2) is 37.8 Å². The summed E-state index contributed by atoms with van der Waals surface area (Å²) < 4.78 is 1.31. The summed E-state index contributed by atoms with van der Waals surface area (Å²) in [6.07, 6.45) is 0.157. The normalized spacial score (nSPS) is 10.8. The number of nitrogens with one attached hydrogen (secondary N) is 1. The molecule has 3 rings (SSSR count). The lowest BCUT2D eigenvalue weighted by Crippen LogP contribution is -2.24. The summed E-state index contributed by atoms with van der Waals surface area (Å²) in [6, 6.07) is 6.52. The number of amides is 1. The molecule has 1 amide bonds. The Morgan fingerprint density at radius 3 is 2.91 bits per heavy atom. The lowest BCUT2D eigenvalue weighted by molar-refractivity contribution is 0.203. The zero-order valence-corrected chi connectivity index (χ0v) is 11.5. The van der Waals surface area contributed by atoms with Gasteiger partial charge in [0.2, 0.25) is 0 Å². The Balaban J connectivity index is 2.22. The summed E-state index contributed by atoms with van der Waals surface area (Å²) in [5.41, 5.74) is 6.84. The van der Waals surface area contributed by atoms with E-state index in [1.165, 1.54) is 17.9 Å². The lowest BCUT2D eigenvalue weighted by atomic mass is 10.2. The SMILES string of the molecule is CN(C(=O)O)c1cccc(-n2c(=O)[nH]c3c(N)ncnc32)c1. The molecule has 1 aromatic carbocycles. The van der Waals surface area contributed by atoms with Crippen molar-refractivity contribution in [2.75, 3.05) is 17.7 Å². The maximum atomic E-state index is 12.2. The third-order valence-electron chi connectivity index (χ3n) is 3.27. The van der Waals surface area contributed by atoms with Gasteiger partial charge in [0, 0.05) is 12.7 Å². The van der Waals surface area contributed by atoms with Gasteiger partial charge < -0.3 is 15.8 Å². The second-order valence-electron chi connectivity index (χ2n) is 4.58. The standard InChI is InChI=1S/C13H12N6O3/c1-18(13(21)22)7-3-2-4-8(5-7)19-11-9(17-12(19)20)10(14)15-6-16-11/h2-6H,1H3,(H,17,20)(H,21,22)(H2,14,15,16). The topological polar surface area (TPSA) is 130 Å². The number of imidazole rings is 1. The second-order valence-corrected chi connectivity index (χ2v) is 4.58. The number of H-pyrrole nitrogens is 1. The van der Waals surface area contributed by atoms with Crippen LogP contribution < -0.4 is 16.3 Å². The van der Waals surface area contributed by atoms with Gasteiger partial charge in [0.1, 0.15) is 11.8 Å². The van der Waals surface area contributed by atoms with Crippen molar-refractivity contribution >= 4 is 28.8 Å². The minimum absolute atomic E-state index is 0.166. The Labute approximate surface area is 123 Å². The first-order valence-corrected chi connectivity index (χ1v) is 6.27. The first-order chi connectivity index (χ1) is 10.5. The molecular formula is C13H12N6O3. The van der Waals surface area contributed by atoms with Crippen LogP contribution in [0.1, 0.15) is 0 Å². The molecule has 2 heterocycles. The minimum atomic E-state index is -1.10. The highest BCUT2D eigenvalue weighted by atomic mass is 16.4. The van der Waals surface area contributed by atoms with E-state index >= 15 is 0 Å². The number of anilines is 2. The van der Waals surface area contributed by atoms with Crippen LogP contribution in [0.4, 0.5) is 16.3 Å². The van der Waals surface area contributed by atoms with Crippen molar-refractivity contribution in [1.82, 2.24) is 19.5 Å². The molecule has 4 N–H and O–H groups in total. The van der Waals surface area contributed by atoms with Crippen molar-refractivity contribution in [2.24, 2.45) is 0 Å². The number of nitrogens with two attached hydrogens (primary N) is 1. The van der Waals surface area contributed by atoms with Crippen molar-refractivity contribution in [1.29, 1.82) is 0 Å². The summed E-state index contributed by atoms with van der Waals surface area (Å²) in [4.78, 5) is 34.7. The molecule has 0 bridgehead atoms. The van der Waals surface area contributed by atoms with Gasteiger partial charge in [-0.25, -0.2) is 24.1 Å². The molecule has 0 atom stereocenters. The van der Waals surface area contributed by atoms with Crippen LogP contribution >= 0.6 is 0 Å². The van der Waals surface area contributed by atoms with Gasteiger partial charge in [0.05, 0.1) is 5.69 Å². The van der Waals surface area contributed by atoms with Gasteiger partial charge in [-0.2, -0.15) is 0 Å². The van der Waals surface area contributed by atoms with Crippen molar-refractivity contribution in [3.8, 4) is 5.69 Å². The fraction of sp³-hybridized carbons (Fsp3) is 0.0769. The summed E-state index contributed by atoms with van der Waals surface area (Å²) in [5, 5.41) is 9.03. The number of aromatic nitrogens is 4. The number of carbonyl (C=O) groups is 1. The highest BCUT2D eigenvalue weighted by Crippen LogP contribution is 2.20. The number of nitrogens with zero attached hydrogens (tertiary/aromatic N) is 4. The molecule has 0 aliphatic carbocycles. The number of nitrogen functional groups attached to an aromatic ring is 1. The van der Waals surface area contributed by atoms with E-state index in [1.807, 2.05) is 0 Å². The van der Waals surface area contributed by atoms with Gasteiger partial charge in [-0.05, 0) is 18.2 Å². The minimum Gasteiger partial charge on any atom is -0.465 e. The molecule has 2 aromatic heterocycles. The molecule has 0 spiro atoms. The summed E-state index contributed by atoms with van der Waals surface area (Å²) in [5.74, 6) is 0.166. The van der Waals surface area contributed by atoms with Crippen molar-refractivity contribution in [3.05, 3.63) is 41.1 Å². The maximum absolute atomic E-state index is 12.2. The van der Waals surface area contributed by atoms with Crippen LogP contribution in [0.25, 0.3) is 16.9 Å². The van der Waals surface area contributed by atoms with E-state index in [9.17, 15) is 9.59 Å². The number of hydrogen-bond acceptors (Lipinski definition) is 5. The van der Waals surface area contributed by atoms with Crippen LogP contribution in [0.2, 0.25) is 0 Å². The van der Waals surface area contributed by atoms with E-state index in [2.05, 4.69) is 15.0 Å². The Hall–Kier alpha value is -3.36. The van der Waals surface area contributed by atoms with Gasteiger partial charge in [-0.3, -0.25) is 4.90 Å². The number of benzene rings is 1. The zero-order valence-electron chi connectivity index (χ0n) is 11.5. The molecule has 0 aliphatic rings. The van der Waals surface area contributed by atoms with Crippen LogP contribution in [-0.2, 0) is 0 Å². The molecule has 22 heavy (non-hydrogen) atoms. The van der Waals surface area contributed by atoms with Crippen molar-refractivity contribution in [2.45, 2.75) is 0 Å². The predicted molar refractivity (Wildman–Crippen MR) is 80.3 cm³/mol. The molecule has 3 aromatic rings. The lowest BCUT2D eigenvalue weighted by Gasteiger charge is -2.14. The van der Waals surface area contributed by atoms with Crippen LogP contribution in [0.3, 0.4) is 0 Å². The van der Waals surface area contributed by atoms with Crippen LogP contribution in [0.15, 0.2) is 35.4 Å². The summed E-state index contributed by atoms with van der Waals surface area (Å²) in [7, 11) is 1.42. The molecule has 0 fully saturated rings. The van der Waals surface area contributed by atoms with Gasteiger partial charge in [0.15, 0.2) is 11.5 Å². The van der Waals surface area contributed by atoms with E-state index in [-0.39, 0.29) is 5.82 Å². The smallest absolute Gasteiger partial charge is 0.411 e. The first-order valence-electron chi connectivity index (χ1n) is 6.27. The molecule has 0 saturated carbocycles. The highest BCUT2D eigenvalue weighted by molar-refractivity contribution is 5.86. The fourth-order valence-electron chi connectivity index (χ4n) is 2.13. The average Bonchev–Trinajstić information content (AvgIpc) is 2.84. The molecule has 9 nitrogen and oxygen atoms in total. The highest BCUT2D eigenvalue weighted by Gasteiger charge is 2.14. The Bertz CT molecular complexity index is 929. The van der Waals surface area contributed by atoms with E-state index in [0.717, 1.165) is 4.90 Å². The van der Waals surface area contributed by atoms with Gasteiger partial charge in [0.25, 0.3) is 0 Å². The quantitative estimate of drug-likeness (QED) is 0.642. The molecular weight excluding hydrogens is 288 g/mol. The Morgan fingerprint density at radius 1 is 1.41 bits per heavy atom. The third kappa shape index (κ3) is 2.04. The maximum Gasteiger partial charge on any atom is 0.411 e. The van der Waals surface area contributed by atoms with E-state index in [1.54, 1.807) is 24.3 Å². The van der Waals surface area contributed by atoms with Crippen molar-refractivity contribution < 1.29 is 9.90 Å². The number of hydrogen-bond donors (Lipinski definition) is 3. The predicted octanol–water partition coefficient (Wildman–Crippen LogP) is 0.805. The first kappa shape index (κ1) is 13.6. The number of fused-ring (bicyclic) bond motifs is 1. The largest absolute Gasteiger partial charge is 0.465 e. The monoisotopic (exact) mass is 300 g/mol. The van der Waals surface area contributed by atoms with E-state index < -0.39 is 11.8 Å². The second kappa shape index (κ2) is 4.88. The Morgan fingerprint density at radius 2 is 2.18 bits per heavy atom. The van der Waals surface area contributed by atoms with Crippen molar-refractivity contribution in [3.63, 3.8) is 0 Å². The van der Waals surface area contributed by atoms with Crippen LogP contribution in [0.5, 0.6) is 0 Å². The van der Waals surface area contributed by atoms with E-state index in [4.69, 9.17) is 10.8 Å². The van der Waals surface area contributed by atoms with Crippen LogP contribution in [0, 0.1) is 0 Å². The summed E-state index contributed by atoms with van der Waals surface area (Å²) in [6.45, 7) is 0. The third-order valence-corrected chi connectivity index (χ3v) is 3.27. The number of carboxylic acid groups (broad SMARTS) is 1. The number of rotatable bonds is 2. The zero-order chi connectivity index (χ0) is 15.9. The average molecular weight is 300 g/mol. The van der Waals surface area contributed by atoms with Gasteiger partial charge in [-0.1, -0.05) is 6.07 Å². The summed E-state index contributed by atoms with van der Waals surface area (Å²) >= 11 is 0. The molecule has 0 aliphatic heterocycles. The van der Waals surface area contributed by atoms with Gasteiger partial charge >= 0.3 is 11.8 Å².